The maximum atomic E-state index is 8.86. The molecule has 0 bridgehead atoms. The molecule has 0 atom stereocenters. The highest BCUT2D eigenvalue weighted by atomic mass is 35.5. The van der Waals surface area contributed by atoms with Crippen molar-refractivity contribution in [3.05, 3.63) is 10.7 Å². The van der Waals surface area contributed by atoms with Crippen LogP contribution < -0.4 is 0 Å². The standard InChI is InChI=1S/C5H7ClN2O/c1-3-4(6)5(9)7-8(3)2/h1-2H3,(H,7,9). The van der Waals surface area contributed by atoms with Crippen molar-refractivity contribution in [3.8, 4) is 5.88 Å². The molecule has 0 radical (unpaired) electrons. The third-order valence-electron chi connectivity index (χ3n) is 1.24. The van der Waals surface area contributed by atoms with Gasteiger partial charge < -0.3 is 5.11 Å². The van der Waals surface area contributed by atoms with Gasteiger partial charge in [0.2, 0.25) is 5.88 Å². The summed E-state index contributed by atoms with van der Waals surface area (Å²) in [7, 11) is 1.72. The predicted molar refractivity (Wildman–Crippen MR) is 34.6 cm³/mol. The molecule has 50 valence electrons. The Morgan fingerprint density at radius 1 is 1.67 bits per heavy atom. The van der Waals surface area contributed by atoms with Crippen LogP contribution >= 0.6 is 11.6 Å². The zero-order valence-corrected chi connectivity index (χ0v) is 5.98. The highest BCUT2D eigenvalue weighted by Gasteiger charge is 2.06. The third kappa shape index (κ3) is 0.876. The molecule has 0 amide bonds. The van der Waals surface area contributed by atoms with Crippen molar-refractivity contribution in [3.63, 3.8) is 0 Å². The van der Waals surface area contributed by atoms with E-state index in [9.17, 15) is 0 Å². The number of hydrogen-bond donors (Lipinski definition) is 1. The topological polar surface area (TPSA) is 38.1 Å². The summed E-state index contributed by atoms with van der Waals surface area (Å²) >= 11 is 5.57. The minimum Gasteiger partial charge on any atom is -0.491 e. The van der Waals surface area contributed by atoms with E-state index in [2.05, 4.69) is 5.10 Å². The maximum Gasteiger partial charge on any atom is 0.249 e. The van der Waals surface area contributed by atoms with Crippen molar-refractivity contribution in [1.82, 2.24) is 9.78 Å². The fourth-order valence-electron chi connectivity index (χ4n) is 0.565. The first-order chi connectivity index (χ1) is 4.13. The summed E-state index contributed by atoms with van der Waals surface area (Å²) in [5.74, 6) is -0.100. The summed E-state index contributed by atoms with van der Waals surface area (Å²) in [5, 5.41) is 12.8. The lowest BCUT2D eigenvalue weighted by Gasteiger charge is -1.88. The molecule has 1 aromatic heterocycles. The summed E-state index contributed by atoms with van der Waals surface area (Å²) in [6, 6.07) is 0. The predicted octanol–water partition coefficient (Wildman–Crippen LogP) is 1.09. The average molecular weight is 147 g/mol. The molecule has 0 fully saturated rings. The monoisotopic (exact) mass is 146 g/mol. The van der Waals surface area contributed by atoms with Crippen molar-refractivity contribution in [2.75, 3.05) is 0 Å². The van der Waals surface area contributed by atoms with Crippen molar-refractivity contribution in [2.45, 2.75) is 6.92 Å². The number of rotatable bonds is 0. The van der Waals surface area contributed by atoms with Gasteiger partial charge in [0.15, 0.2) is 0 Å². The van der Waals surface area contributed by atoms with E-state index >= 15 is 0 Å². The second-order valence-corrected chi connectivity index (χ2v) is 2.22. The second-order valence-electron chi connectivity index (χ2n) is 1.85. The van der Waals surface area contributed by atoms with Crippen LogP contribution in [0.4, 0.5) is 0 Å². The van der Waals surface area contributed by atoms with Gasteiger partial charge in [-0.2, -0.15) is 0 Å². The number of hydrogen-bond acceptors (Lipinski definition) is 2. The largest absolute Gasteiger partial charge is 0.491 e. The van der Waals surface area contributed by atoms with Crippen LogP contribution in [-0.2, 0) is 7.05 Å². The normalized spacial score (nSPS) is 10.1. The molecule has 0 aromatic carbocycles. The van der Waals surface area contributed by atoms with Crippen LogP contribution in [0.5, 0.6) is 5.88 Å². The summed E-state index contributed by atoms with van der Waals surface area (Å²) in [5.41, 5.74) is 0.772. The van der Waals surface area contributed by atoms with Crippen LogP contribution in [0, 0.1) is 6.92 Å². The summed E-state index contributed by atoms with van der Waals surface area (Å²) in [6.45, 7) is 1.79. The molecule has 0 aliphatic heterocycles. The zero-order valence-electron chi connectivity index (χ0n) is 5.22. The first-order valence-corrected chi connectivity index (χ1v) is 2.88. The molecule has 4 heteroatoms. The van der Waals surface area contributed by atoms with E-state index in [1.54, 1.807) is 14.0 Å². The van der Waals surface area contributed by atoms with Crippen LogP contribution in [0.1, 0.15) is 5.69 Å². The minimum absolute atomic E-state index is 0.100. The lowest BCUT2D eigenvalue weighted by Crippen LogP contribution is -1.91. The van der Waals surface area contributed by atoms with Crippen LogP contribution in [0.15, 0.2) is 0 Å². The number of aromatic nitrogens is 2. The number of aromatic hydroxyl groups is 1. The first kappa shape index (κ1) is 6.42. The molecular weight excluding hydrogens is 140 g/mol. The number of aryl methyl sites for hydroxylation is 1. The molecule has 1 N–H and O–H groups in total. The SMILES string of the molecule is Cc1c(Cl)c(O)nn1C. The molecule has 0 unspecified atom stereocenters. The van der Waals surface area contributed by atoms with Gasteiger partial charge in [-0.15, -0.1) is 5.10 Å². The lowest BCUT2D eigenvalue weighted by molar-refractivity contribution is 0.444. The highest BCUT2D eigenvalue weighted by Crippen LogP contribution is 2.23. The first-order valence-electron chi connectivity index (χ1n) is 2.51. The Kier molecular flexibility index (Phi) is 1.37. The molecule has 0 saturated heterocycles. The van der Waals surface area contributed by atoms with Gasteiger partial charge in [-0.05, 0) is 6.92 Å². The Hall–Kier alpha value is -0.700. The molecule has 1 rings (SSSR count). The molecule has 1 heterocycles. The Morgan fingerprint density at radius 3 is 2.33 bits per heavy atom. The smallest absolute Gasteiger partial charge is 0.249 e. The van der Waals surface area contributed by atoms with E-state index in [-0.39, 0.29) is 5.88 Å². The molecule has 0 spiro atoms. The van der Waals surface area contributed by atoms with Crippen molar-refractivity contribution < 1.29 is 5.11 Å². The van der Waals surface area contributed by atoms with Gasteiger partial charge in [-0.3, -0.25) is 4.68 Å². The Bertz CT molecular complexity index is 209. The van der Waals surface area contributed by atoms with Gasteiger partial charge in [-0.25, -0.2) is 0 Å². The molecule has 0 saturated carbocycles. The fraction of sp³-hybridized carbons (Fsp3) is 0.400. The Balaban J connectivity index is 3.29. The van der Waals surface area contributed by atoms with E-state index in [0.717, 1.165) is 5.69 Å². The molecule has 0 aliphatic carbocycles. The second kappa shape index (κ2) is 1.92. The Labute approximate surface area is 57.9 Å². The average Bonchev–Trinajstić information content (AvgIpc) is 1.98. The summed E-state index contributed by atoms with van der Waals surface area (Å²) < 4.78 is 1.53. The van der Waals surface area contributed by atoms with Gasteiger partial charge in [0.25, 0.3) is 0 Å². The third-order valence-corrected chi connectivity index (χ3v) is 1.69. The van der Waals surface area contributed by atoms with Gasteiger partial charge >= 0.3 is 0 Å². The summed E-state index contributed by atoms with van der Waals surface area (Å²) in [4.78, 5) is 0. The lowest BCUT2D eigenvalue weighted by atomic mass is 10.5. The van der Waals surface area contributed by atoms with E-state index in [1.165, 1.54) is 4.68 Å². The molecule has 3 nitrogen and oxygen atoms in total. The maximum absolute atomic E-state index is 8.86. The van der Waals surface area contributed by atoms with Crippen LogP contribution in [-0.4, -0.2) is 14.9 Å². The molecule has 9 heavy (non-hydrogen) atoms. The van der Waals surface area contributed by atoms with E-state index < -0.39 is 0 Å². The van der Waals surface area contributed by atoms with Gasteiger partial charge in [0.05, 0.1) is 5.69 Å². The van der Waals surface area contributed by atoms with Crippen LogP contribution in [0.3, 0.4) is 0 Å². The van der Waals surface area contributed by atoms with Crippen molar-refractivity contribution in [1.29, 1.82) is 0 Å². The Morgan fingerprint density at radius 2 is 2.22 bits per heavy atom. The van der Waals surface area contributed by atoms with Crippen LogP contribution in [0.25, 0.3) is 0 Å². The van der Waals surface area contributed by atoms with Crippen molar-refractivity contribution >= 4 is 11.6 Å². The van der Waals surface area contributed by atoms with Gasteiger partial charge in [0, 0.05) is 7.05 Å². The van der Waals surface area contributed by atoms with Gasteiger partial charge in [0.1, 0.15) is 5.02 Å². The minimum atomic E-state index is -0.100. The number of halogens is 1. The molecule has 0 aliphatic rings. The number of nitrogens with zero attached hydrogens (tertiary/aromatic N) is 2. The molecule has 1 aromatic rings. The summed E-state index contributed by atoms with van der Waals surface area (Å²) in [6.07, 6.45) is 0. The highest BCUT2D eigenvalue weighted by molar-refractivity contribution is 6.32. The van der Waals surface area contributed by atoms with E-state index in [1.807, 2.05) is 0 Å². The fourth-order valence-corrected chi connectivity index (χ4v) is 0.725. The van der Waals surface area contributed by atoms with E-state index in [4.69, 9.17) is 16.7 Å². The van der Waals surface area contributed by atoms with Crippen LogP contribution in [0.2, 0.25) is 5.02 Å². The molecular formula is C5H7ClN2O. The van der Waals surface area contributed by atoms with Gasteiger partial charge in [-0.1, -0.05) is 11.6 Å². The zero-order chi connectivity index (χ0) is 7.02. The van der Waals surface area contributed by atoms with E-state index in [0.29, 0.717) is 5.02 Å². The van der Waals surface area contributed by atoms with Crippen molar-refractivity contribution in [2.24, 2.45) is 7.05 Å². The quantitative estimate of drug-likeness (QED) is 0.595.